The van der Waals surface area contributed by atoms with Crippen LogP contribution in [0.1, 0.15) is 16.4 Å². The Bertz CT molecular complexity index is 720. The molecule has 118 valence electrons. The van der Waals surface area contributed by atoms with E-state index < -0.39 is 15.1 Å². The van der Waals surface area contributed by atoms with Crippen molar-refractivity contribution in [1.82, 2.24) is 0 Å². The summed E-state index contributed by atoms with van der Waals surface area (Å²) in [6.45, 7) is 1.98. The van der Waals surface area contributed by atoms with Crippen molar-refractivity contribution >= 4 is 15.5 Å². The molecule has 2 aromatic rings. The Kier molecular flexibility index (Phi) is 4.88. The van der Waals surface area contributed by atoms with Crippen molar-refractivity contribution in [2.75, 3.05) is 25.5 Å². The first-order valence-corrected chi connectivity index (χ1v) is 8.69. The zero-order valence-electron chi connectivity index (χ0n) is 13.2. The number of sulfone groups is 1. The first kappa shape index (κ1) is 16.5. The zero-order valence-corrected chi connectivity index (χ0v) is 14.0. The molecule has 0 saturated carbocycles. The molecule has 1 unspecified atom stereocenters. The Labute approximate surface area is 132 Å². The molecule has 2 rings (SSSR count). The van der Waals surface area contributed by atoms with Crippen molar-refractivity contribution < 1.29 is 8.42 Å². The highest BCUT2D eigenvalue weighted by molar-refractivity contribution is 7.91. The van der Waals surface area contributed by atoms with Crippen LogP contribution in [-0.4, -0.2) is 29.1 Å². The first-order chi connectivity index (χ1) is 10.4. The summed E-state index contributed by atoms with van der Waals surface area (Å²) in [6, 6.07) is 14.4. The van der Waals surface area contributed by atoms with Gasteiger partial charge in [-0.1, -0.05) is 29.8 Å². The maximum absolute atomic E-state index is 12.8. The van der Waals surface area contributed by atoms with Crippen molar-refractivity contribution in [3.63, 3.8) is 0 Å². The van der Waals surface area contributed by atoms with E-state index in [4.69, 9.17) is 5.73 Å². The smallest absolute Gasteiger partial charge is 0.186 e. The summed E-state index contributed by atoms with van der Waals surface area (Å²) in [4.78, 5) is 2.28. The molecular formula is C17H22N2O2S. The van der Waals surface area contributed by atoms with E-state index >= 15 is 0 Å². The van der Waals surface area contributed by atoms with E-state index in [9.17, 15) is 8.42 Å². The number of nitrogens with two attached hydrogens (primary N) is 1. The highest BCUT2D eigenvalue weighted by Gasteiger charge is 2.27. The van der Waals surface area contributed by atoms with Crippen LogP contribution in [0.2, 0.25) is 0 Å². The van der Waals surface area contributed by atoms with Crippen LogP contribution in [0.25, 0.3) is 0 Å². The lowest BCUT2D eigenvalue weighted by Gasteiger charge is -2.18. The highest BCUT2D eigenvalue weighted by atomic mass is 32.2. The van der Waals surface area contributed by atoms with Crippen molar-refractivity contribution in [3.05, 3.63) is 59.7 Å². The van der Waals surface area contributed by atoms with Gasteiger partial charge < -0.3 is 10.6 Å². The lowest BCUT2D eigenvalue weighted by atomic mass is 10.1. The van der Waals surface area contributed by atoms with E-state index in [1.54, 1.807) is 24.3 Å². The summed E-state index contributed by atoms with van der Waals surface area (Å²) in [7, 11) is 0.393. The Morgan fingerprint density at radius 1 is 1.00 bits per heavy atom. The molecule has 0 aliphatic rings. The molecule has 0 amide bonds. The summed E-state index contributed by atoms with van der Waals surface area (Å²) >= 11 is 0. The van der Waals surface area contributed by atoms with E-state index in [1.165, 1.54) is 0 Å². The minimum Gasteiger partial charge on any atom is -0.378 e. The van der Waals surface area contributed by atoms with Gasteiger partial charge in [-0.2, -0.15) is 0 Å². The Morgan fingerprint density at radius 3 is 2.00 bits per heavy atom. The fraction of sp³-hybridized carbons (Fsp3) is 0.294. The Hall–Kier alpha value is -1.85. The van der Waals surface area contributed by atoms with Crippen LogP contribution < -0.4 is 10.6 Å². The Morgan fingerprint density at radius 2 is 1.55 bits per heavy atom. The van der Waals surface area contributed by atoms with Gasteiger partial charge in [0.2, 0.25) is 0 Å². The molecule has 0 aliphatic carbocycles. The van der Waals surface area contributed by atoms with E-state index in [2.05, 4.69) is 0 Å². The van der Waals surface area contributed by atoms with E-state index in [0.717, 1.165) is 11.3 Å². The van der Waals surface area contributed by atoms with Gasteiger partial charge in [0.15, 0.2) is 9.84 Å². The molecule has 0 bridgehead atoms. The summed E-state index contributed by atoms with van der Waals surface area (Å²) in [5, 5.41) is -0.730. The van der Waals surface area contributed by atoms with Gasteiger partial charge in [0.05, 0.1) is 4.90 Å². The molecule has 1 atom stereocenters. The lowest BCUT2D eigenvalue weighted by molar-refractivity contribution is 0.582. The van der Waals surface area contributed by atoms with E-state index in [1.807, 2.05) is 50.2 Å². The average Bonchev–Trinajstić information content (AvgIpc) is 2.48. The molecule has 0 heterocycles. The fourth-order valence-corrected chi connectivity index (χ4v) is 3.93. The van der Waals surface area contributed by atoms with Crippen LogP contribution in [0, 0.1) is 6.92 Å². The maximum atomic E-state index is 12.8. The SMILES string of the molecule is Cc1ccc(S(=O)(=O)C(CN)c2ccc(N(C)C)cc2)cc1. The van der Waals surface area contributed by atoms with Crippen LogP contribution in [0.5, 0.6) is 0 Å². The van der Waals surface area contributed by atoms with Crippen LogP contribution in [0.4, 0.5) is 5.69 Å². The molecule has 0 aromatic heterocycles. The van der Waals surface area contributed by atoms with Gasteiger partial charge in [0.1, 0.15) is 5.25 Å². The van der Waals surface area contributed by atoms with Crippen molar-refractivity contribution in [2.45, 2.75) is 17.1 Å². The van der Waals surface area contributed by atoms with Crippen molar-refractivity contribution in [2.24, 2.45) is 5.73 Å². The van der Waals surface area contributed by atoms with Gasteiger partial charge >= 0.3 is 0 Å². The van der Waals surface area contributed by atoms with Gasteiger partial charge in [0.25, 0.3) is 0 Å². The third-order valence-electron chi connectivity index (χ3n) is 3.72. The van der Waals surface area contributed by atoms with Gasteiger partial charge in [-0.3, -0.25) is 0 Å². The molecule has 2 N–H and O–H groups in total. The van der Waals surface area contributed by atoms with E-state index in [-0.39, 0.29) is 6.54 Å². The van der Waals surface area contributed by atoms with Crippen molar-refractivity contribution in [3.8, 4) is 0 Å². The summed E-state index contributed by atoms with van der Waals surface area (Å²) in [5.74, 6) is 0. The van der Waals surface area contributed by atoms with Crippen molar-refractivity contribution in [1.29, 1.82) is 0 Å². The number of hydrogen-bond acceptors (Lipinski definition) is 4. The molecule has 0 fully saturated rings. The molecule has 0 spiro atoms. The predicted molar refractivity (Wildman–Crippen MR) is 90.9 cm³/mol. The molecule has 0 saturated heterocycles. The van der Waals surface area contributed by atoms with Gasteiger partial charge in [-0.05, 0) is 36.8 Å². The summed E-state index contributed by atoms with van der Waals surface area (Å²) < 4.78 is 25.6. The molecule has 0 radical (unpaired) electrons. The number of aryl methyl sites for hydroxylation is 1. The van der Waals surface area contributed by atoms with E-state index in [0.29, 0.717) is 10.5 Å². The minimum absolute atomic E-state index is 0.0531. The standard InChI is InChI=1S/C17H22N2O2S/c1-13-4-10-16(11-5-13)22(20,21)17(12-18)14-6-8-15(9-7-14)19(2)3/h4-11,17H,12,18H2,1-3H3. The second-order valence-electron chi connectivity index (χ2n) is 5.57. The topological polar surface area (TPSA) is 63.4 Å². The number of benzene rings is 2. The first-order valence-electron chi connectivity index (χ1n) is 7.14. The van der Waals surface area contributed by atoms with Gasteiger partial charge in [0, 0.05) is 26.3 Å². The normalized spacial score (nSPS) is 12.9. The highest BCUT2D eigenvalue weighted by Crippen LogP contribution is 2.29. The maximum Gasteiger partial charge on any atom is 0.186 e. The number of hydrogen-bond donors (Lipinski definition) is 1. The fourth-order valence-electron chi connectivity index (χ4n) is 2.32. The largest absolute Gasteiger partial charge is 0.378 e. The molecule has 0 aliphatic heterocycles. The number of rotatable bonds is 5. The van der Waals surface area contributed by atoms with Crippen LogP contribution in [0.15, 0.2) is 53.4 Å². The van der Waals surface area contributed by atoms with Gasteiger partial charge in [-0.25, -0.2) is 8.42 Å². The summed E-state index contributed by atoms with van der Waals surface area (Å²) in [5.41, 5.74) is 8.53. The molecule has 2 aromatic carbocycles. The summed E-state index contributed by atoms with van der Waals surface area (Å²) in [6.07, 6.45) is 0. The Balaban J connectivity index is 2.40. The third-order valence-corrected chi connectivity index (χ3v) is 5.86. The zero-order chi connectivity index (χ0) is 16.3. The predicted octanol–water partition coefficient (Wildman–Crippen LogP) is 2.53. The quantitative estimate of drug-likeness (QED) is 0.920. The van der Waals surface area contributed by atoms with Crippen LogP contribution in [0.3, 0.4) is 0 Å². The van der Waals surface area contributed by atoms with Crippen LogP contribution in [-0.2, 0) is 9.84 Å². The minimum atomic E-state index is -3.49. The second kappa shape index (κ2) is 6.50. The molecule has 4 nitrogen and oxygen atoms in total. The monoisotopic (exact) mass is 318 g/mol. The van der Waals surface area contributed by atoms with Gasteiger partial charge in [-0.15, -0.1) is 0 Å². The number of anilines is 1. The average molecular weight is 318 g/mol. The lowest BCUT2D eigenvalue weighted by Crippen LogP contribution is -2.22. The molecule has 5 heteroatoms. The van der Waals surface area contributed by atoms with Crippen LogP contribution >= 0.6 is 0 Å². The number of nitrogens with zero attached hydrogens (tertiary/aromatic N) is 1. The molecular weight excluding hydrogens is 296 g/mol. The molecule has 22 heavy (non-hydrogen) atoms. The third kappa shape index (κ3) is 3.31. The second-order valence-corrected chi connectivity index (χ2v) is 7.70.